The molecule has 2 rings (SSSR count). The summed E-state index contributed by atoms with van der Waals surface area (Å²) in [6.45, 7) is 2.39. The Morgan fingerprint density at radius 1 is 1.10 bits per heavy atom. The van der Waals surface area contributed by atoms with Crippen molar-refractivity contribution in [3.05, 3.63) is 69.8 Å². The van der Waals surface area contributed by atoms with Crippen LogP contribution in [0.5, 0.6) is 0 Å². The molecule has 20 heavy (non-hydrogen) atoms. The maximum atomic E-state index is 10.5. The average Bonchev–Trinajstić information content (AvgIpc) is 2.46. The highest BCUT2D eigenvalue weighted by molar-refractivity contribution is 5.43. The summed E-state index contributed by atoms with van der Waals surface area (Å²) < 4.78 is 0. The number of nitro benzene ring substituents is 1. The quantitative estimate of drug-likeness (QED) is 0.508. The van der Waals surface area contributed by atoms with Gasteiger partial charge in [-0.2, -0.15) is 5.11 Å². The van der Waals surface area contributed by atoms with E-state index >= 15 is 0 Å². The third-order valence-electron chi connectivity index (χ3n) is 2.70. The van der Waals surface area contributed by atoms with Gasteiger partial charge in [-0.15, -0.1) is 0 Å². The third-order valence-corrected chi connectivity index (χ3v) is 2.70. The number of hydrogen-bond donors (Lipinski definition) is 1. The Balaban J connectivity index is 1.86. The zero-order valence-electron chi connectivity index (χ0n) is 11.0. The number of hydrogen-bond acceptors (Lipinski definition) is 4. The van der Waals surface area contributed by atoms with Crippen molar-refractivity contribution in [2.75, 3.05) is 5.43 Å². The van der Waals surface area contributed by atoms with Crippen molar-refractivity contribution in [3.8, 4) is 0 Å². The molecule has 0 aliphatic rings. The van der Waals surface area contributed by atoms with Crippen LogP contribution in [-0.4, -0.2) is 4.92 Å². The van der Waals surface area contributed by atoms with Gasteiger partial charge in [0.15, 0.2) is 0 Å². The van der Waals surface area contributed by atoms with Crippen LogP contribution < -0.4 is 5.43 Å². The zero-order valence-corrected chi connectivity index (χ0v) is 11.0. The lowest BCUT2D eigenvalue weighted by molar-refractivity contribution is -0.384. The van der Waals surface area contributed by atoms with Crippen LogP contribution in [0.15, 0.2) is 58.9 Å². The fourth-order valence-electron chi connectivity index (χ4n) is 1.56. The van der Waals surface area contributed by atoms with Gasteiger partial charge in [0.05, 0.1) is 17.2 Å². The van der Waals surface area contributed by atoms with Gasteiger partial charge >= 0.3 is 0 Å². The second kappa shape index (κ2) is 6.42. The van der Waals surface area contributed by atoms with Crippen LogP contribution in [0.1, 0.15) is 11.1 Å². The van der Waals surface area contributed by atoms with E-state index in [2.05, 4.69) is 15.8 Å². The second-order valence-electron chi connectivity index (χ2n) is 4.30. The predicted molar refractivity (Wildman–Crippen MR) is 76.5 cm³/mol. The van der Waals surface area contributed by atoms with Gasteiger partial charge in [-0.05, 0) is 24.6 Å². The van der Waals surface area contributed by atoms with Crippen LogP contribution in [0.25, 0.3) is 0 Å². The van der Waals surface area contributed by atoms with Gasteiger partial charge in [-0.3, -0.25) is 15.5 Å². The molecule has 0 atom stereocenters. The van der Waals surface area contributed by atoms with Crippen LogP contribution >= 0.6 is 0 Å². The summed E-state index contributed by atoms with van der Waals surface area (Å²) >= 11 is 0. The highest BCUT2D eigenvalue weighted by Gasteiger charge is 2.02. The Hall–Kier alpha value is -2.76. The number of nitro groups is 1. The SMILES string of the molecule is Cc1ccc(NN=NCc2ccc([N+](=O)[O-])cc2)cc1. The first-order valence-corrected chi connectivity index (χ1v) is 6.07. The highest BCUT2D eigenvalue weighted by Crippen LogP contribution is 2.13. The summed E-state index contributed by atoms with van der Waals surface area (Å²) in [5.74, 6) is 0. The van der Waals surface area contributed by atoms with E-state index in [4.69, 9.17) is 0 Å². The summed E-state index contributed by atoms with van der Waals surface area (Å²) in [6.07, 6.45) is 0. The molecule has 0 unspecified atom stereocenters. The van der Waals surface area contributed by atoms with Crippen molar-refractivity contribution in [1.29, 1.82) is 0 Å². The van der Waals surface area contributed by atoms with Gasteiger partial charge in [-0.1, -0.05) is 35.1 Å². The highest BCUT2D eigenvalue weighted by atomic mass is 16.6. The Morgan fingerprint density at radius 3 is 2.35 bits per heavy atom. The maximum Gasteiger partial charge on any atom is 0.269 e. The number of benzene rings is 2. The van der Waals surface area contributed by atoms with Crippen molar-refractivity contribution < 1.29 is 4.92 Å². The molecule has 102 valence electrons. The average molecular weight is 270 g/mol. The van der Waals surface area contributed by atoms with Gasteiger partial charge in [0.1, 0.15) is 0 Å². The van der Waals surface area contributed by atoms with Crippen molar-refractivity contribution >= 4 is 11.4 Å². The van der Waals surface area contributed by atoms with Crippen LogP contribution in [-0.2, 0) is 6.54 Å². The molecule has 0 saturated heterocycles. The lowest BCUT2D eigenvalue weighted by Crippen LogP contribution is -1.89. The normalized spacial score (nSPS) is 10.7. The topological polar surface area (TPSA) is 79.9 Å². The number of nitrogens with one attached hydrogen (secondary N) is 1. The summed E-state index contributed by atoms with van der Waals surface area (Å²) in [4.78, 5) is 10.1. The van der Waals surface area contributed by atoms with Crippen LogP contribution in [0.2, 0.25) is 0 Å². The van der Waals surface area contributed by atoms with Gasteiger partial charge in [0.2, 0.25) is 0 Å². The van der Waals surface area contributed by atoms with E-state index in [1.54, 1.807) is 12.1 Å². The molecule has 0 aliphatic carbocycles. The third kappa shape index (κ3) is 3.88. The van der Waals surface area contributed by atoms with Gasteiger partial charge < -0.3 is 0 Å². The Morgan fingerprint density at radius 2 is 1.75 bits per heavy atom. The smallest absolute Gasteiger partial charge is 0.260 e. The number of nitrogens with zero attached hydrogens (tertiary/aromatic N) is 3. The summed E-state index contributed by atoms with van der Waals surface area (Å²) in [5.41, 5.74) is 5.80. The molecule has 2 aromatic carbocycles. The monoisotopic (exact) mass is 270 g/mol. The van der Waals surface area contributed by atoms with E-state index in [9.17, 15) is 10.1 Å². The molecule has 0 amide bonds. The number of non-ortho nitro benzene ring substituents is 1. The van der Waals surface area contributed by atoms with Crippen LogP contribution in [0.3, 0.4) is 0 Å². The minimum absolute atomic E-state index is 0.0727. The fourth-order valence-corrected chi connectivity index (χ4v) is 1.56. The molecule has 0 fully saturated rings. The minimum Gasteiger partial charge on any atom is -0.260 e. The van der Waals surface area contributed by atoms with E-state index in [1.165, 1.54) is 17.7 Å². The Bertz CT molecular complexity index is 606. The zero-order chi connectivity index (χ0) is 14.4. The lowest BCUT2D eigenvalue weighted by Gasteiger charge is -1.99. The number of rotatable bonds is 5. The number of anilines is 1. The van der Waals surface area contributed by atoms with E-state index in [0.29, 0.717) is 6.54 Å². The minimum atomic E-state index is -0.426. The van der Waals surface area contributed by atoms with Crippen molar-refractivity contribution in [2.24, 2.45) is 10.3 Å². The molecule has 1 N–H and O–H groups in total. The molecular weight excluding hydrogens is 256 g/mol. The first-order valence-electron chi connectivity index (χ1n) is 6.07. The second-order valence-corrected chi connectivity index (χ2v) is 4.30. The molecule has 0 heterocycles. The molecule has 0 aromatic heterocycles. The fraction of sp³-hybridized carbons (Fsp3) is 0.143. The molecule has 2 aromatic rings. The first-order chi connectivity index (χ1) is 9.65. The molecule has 0 radical (unpaired) electrons. The van der Waals surface area contributed by atoms with E-state index < -0.39 is 4.92 Å². The summed E-state index contributed by atoms with van der Waals surface area (Å²) in [6, 6.07) is 14.0. The molecule has 0 bridgehead atoms. The molecule has 6 heteroatoms. The molecule has 0 spiro atoms. The van der Waals surface area contributed by atoms with Crippen molar-refractivity contribution in [3.63, 3.8) is 0 Å². The Kier molecular flexibility index (Phi) is 4.39. The molecule has 0 aliphatic heterocycles. The number of aryl methyl sites for hydroxylation is 1. The van der Waals surface area contributed by atoms with Crippen LogP contribution in [0.4, 0.5) is 11.4 Å². The molecule has 6 nitrogen and oxygen atoms in total. The largest absolute Gasteiger partial charge is 0.269 e. The Labute approximate surface area is 116 Å². The predicted octanol–water partition coefficient (Wildman–Crippen LogP) is 3.88. The first kappa shape index (κ1) is 13.7. The summed E-state index contributed by atoms with van der Waals surface area (Å²) in [5, 5.41) is 18.4. The van der Waals surface area contributed by atoms with E-state index in [1.807, 2.05) is 31.2 Å². The van der Waals surface area contributed by atoms with Crippen molar-refractivity contribution in [1.82, 2.24) is 0 Å². The molecular formula is C14H14N4O2. The molecule has 0 saturated carbocycles. The van der Waals surface area contributed by atoms with Gasteiger partial charge in [-0.25, -0.2) is 0 Å². The standard InChI is InChI=1S/C14H14N4O2/c1-11-2-6-13(7-3-11)16-17-15-10-12-4-8-14(9-5-12)18(19)20/h2-9H,10H2,1H3,(H,15,16). The van der Waals surface area contributed by atoms with E-state index in [0.717, 1.165) is 11.3 Å². The lowest BCUT2D eigenvalue weighted by atomic mass is 10.2. The maximum absolute atomic E-state index is 10.5. The van der Waals surface area contributed by atoms with Crippen molar-refractivity contribution in [2.45, 2.75) is 13.5 Å². The van der Waals surface area contributed by atoms with Gasteiger partial charge in [0.25, 0.3) is 5.69 Å². The van der Waals surface area contributed by atoms with E-state index in [-0.39, 0.29) is 5.69 Å². The van der Waals surface area contributed by atoms with Crippen LogP contribution in [0, 0.1) is 17.0 Å². The summed E-state index contributed by atoms with van der Waals surface area (Å²) in [7, 11) is 0. The van der Waals surface area contributed by atoms with Gasteiger partial charge in [0, 0.05) is 12.1 Å².